The van der Waals surface area contributed by atoms with Crippen molar-refractivity contribution in [3.05, 3.63) is 15.9 Å². The first kappa shape index (κ1) is 15.1. The number of anilines is 1. The third-order valence-corrected chi connectivity index (χ3v) is 2.30. The molecule has 0 aromatic carbocycles. The second-order valence-corrected chi connectivity index (χ2v) is 4.46. The van der Waals surface area contributed by atoms with E-state index in [4.69, 9.17) is 4.74 Å². The molecule has 1 rings (SSSR count). The molecule has 7 nitrogen and oxygen atoms in total. The van der Waals surface area contributed by atoms with Gasteiger partial charge in [0.05, 0.1) is 11.5 Å². The van der Waals surface area contributed by atoms with Gasteiger partial charge in [0.1, 0.15) is 5.82 Å². The number of ether oxygens (including phenoxy) is 1. The summed E-state index contributed by atoms with van der Waals surface area (Å²) in [6, 6.07) is 0. The molecule has 0 radical (unpaired) electrons. The molecule has 0 saturated carbocycles. The quantitative estimate of drug-likeness (QED) is 0.603. The average Bonchev–Trinajstić information content (AvgIpc) is 2.27. The summed E-state index contributed by atoms with van der Waals surface area (Å²) in [7, 11) is 0. The van der Waals surface area contributed by atoms with E-state index in [0.29, 0.717) is 31.3 Å². The van der Waals surface area contributed by atoms with E-state index >= 15 is 0 Å². The molecule has 0 saturated heterocycles. The summed E-state index contributed by atoms with van der Waals surface area (Å²) in [5, 5.41) is 14.0. The zero-order valence-corrected chi connectivity index (χ0v) is 11.8. The van der Waals surface area contributed by atoms with Crippen molar-refractivity contribution in [1.29, 1.82) is 0 Å². The second-order valence-electron chi connectivity index (χ2n) is 4.46. The molecule has 106 valence electrons. The van der Waals surface area contributed by atoms with Gasteiger partial charge in [-0.1, -0.05) is 13.8 Å². The number of nitrogens with one attached hydrogen (secondary N) is 1. The largest absolute Gasteiger partial charge is 0.473 e. The van der Waals surface area contributed by atoms with Crippen LogP contribution in [0.25, 0.3) is 0 Å². The zero-order chi connectivity index (χ0) is 14.4. The topological polar surface area (TPSA) is 90.2 Å². The minimum Gasteiger partial charge on any atom is -0.473 e. The third-order valence-electron chi connectivity index (χ3n) is 2.30. The van der Waals surface area contributed by atoms with E-state index in [2.05, 4.69) is 15.3 Å². The highest BCUT2D eigenvalue weighted by atomic mass is 16.6. The standard InChI is InChI=1S/C12H20N4O3/c1-5-13-11-10(16(17)18)12(19-6-2)15-9(14-11)7-8(3)4/h8H,5-7H2,1-4H3,(H,13,14,15). The Kier molecular flexibility index (Phi) is 5.47. The highest BCUT2D eigenvalue weighted by molar-refractivity contribution is 5.61. The highest BCUT2D eigenvalue weighted by Gasteiger charge is 2.26. The summed E-state index contributed by atoms with van der Waals surface area (Å²) in [6.07, 6.45) is 0.649. The Labute approximate surface area is 112 Å². The Morgan fingerprint density at radius 2 is 2.05 bits per heavy atom. The average molecular weight is 268 g/mol. The number of aromatic nitrogens is 2. The Morgan fingerprint density at radius 1 is 1.37 bits per heavy atom. The van der Waals surface area contributed by atoms with Gasteiger partial charge < -0.3 is 10.1 Å². The Bertz CT molecular complexity index is 422. The summed E-state index contributed by atoms with van der Waals surface area (Å²) in [5.74, 6) is 1.18. The van der Waals surface area contributed by atoms with Gasteiger partial charge in [-0.15, -0.1) is 0 Å². The van der Waals surface area contributed by atoms with Crippen molar-refractivity contribution >= 4 is 11.5 Å². The van der Waals surface area contributed by atoms with Gasteiger partial charge >= 0.3 is 5.69 Å². The normalized spacial score (nSPS) is 10.6. The van der Waals surface area contributed by atoms with E-state index in [1.165, 1.54) is 0 Å². The summed E-state index contributed by atoms with van der Waals surface area (Å²) in [4.78, 5) is 19.0. The summed E-state index contributed by atoms with van der Waals surface area (Å²) in [6.45, 7) is 8.57. The monoisotopic (exact) mass is 268 g/mol. The lowest BCUT2D eigenvalue weighted by Gasteiger charge is -2.11. The highest BCUT2D eigenvalue weighted by Crippen LogP contribution is 2.32. The zero-order valence-electron chi connectivity index (χ0n) is 11.8. The van der Waals surface area contributed by atoms with E-state index in [9.17, 15) is 10.1 Å². The van der Waals surface area contributed by atoms with Crippen LogP contribution in [0.3, 0.4) is 0 Å². The molecule has 19 heavy (non-hydrogen) atoms. The van der Waals surface area contributed by atoms with Crippen LogP contribution in [0.4, 0.5) is 11.5 Å². The number of rotatable bonds is 7. The lowest BCUT2D eigenvalue weighted by atomic mass is 10.1. The van der Waals surface area contributed by atoms with Crippen LogP contribution in [-0.4, -0.2) is 28.0 Å². The van der Waals surface area contributed by atoms with Crippen molar-refractivity contribution in [3.63, 3.8) is 0 Å². The molecule has 1 heterocycles. The second kappa shape index (κ2) is 6.86. The first-order chi connectivity index (χ1) is 8.99. The predicted molar refractivity (Wildman–Crippen MR) is 72.6 cm³/mol. The molecular formula is C12H20N4O3. The van der Waals surface area contributed by atoms with Crippen LogP contribution in [0.5, 0.6) is 5.88 Å². The maximum Gasteiger partial charge on any atom is 0.372 e. The molecule has 0 atom stereocenters. The van der Waals surface area contributed by atoms with E-state index in [1.807, 2.05) is 20.8 Å². The Balaban J connectivity index is 3.29. The van der Waals surface area contributed by atoms with Crippen LogP contribution in [0.2, 0.25) is 0 Å². The number of nitro groups is 1. The van der Waals surface area contributed by atoms with Crippen LogP contribution < -0.4 is 10.1 Å². The fraction of sp³-hybridized carbons (Fsp3) is 0.667. The lowest BCUT2D eigenvalue weighted by Crippen LogP contribution is -2.11. The molecule has 7 heteroatoms. The first-order valence-corrected chi connectivity index (χ1v) is 6.41. The molecule has 0 amide bonds. The third kappa shape index (κ3) is 4.04. The van der Waals surface area contributed by atoms with Gasteiger partial charge in [0.25, 0.3) is 5.88 Å². The number of nitrogens with zero attached hydrogens (tertiary/aromatic N) is 3. The molecule has 0 bridgehead atoms. The van der Waals surface area contributed by atoms with Gasteiger partial charge in [-0.25, -0.2) is 4.98 Å². The van der Waals surface area contributed by atoms with E-state index in [-0.39, 0.29) is 17.4 Å². The summed E-state index contributed by atoms with van der Waals surface area (Å²) in [5.41, 5.74) is -0.198. The van der Waals surface area contributed by atoms with Gasteiger partial charge in [-0.2, -0.15) is 4.98 Å². The van der Waals surface area contributed by atoms with Crippen molar-refractivity contribution in [3.8, 4) is 5.88 Å². The van der Waals surface area contributed by atoms with Gasteiger partial charge in [0, 0.05) is 13.0 Å². The maximum absolute atomic E-state index is 11.1. The molecule has 0 unspecified atom stereocenters. The van der Waals surface area contributed by atoms with Gasteiger partial charge in [0.15, 0.2) is 0 Å². The van der Waals surface area contributed by atoms with Gasteiger partial charge in [-0.05, 0) is 19.8 Å². The Morgan fingerprint density at radius 3 is 2.53 bits per heavy atom. The van der Waals surface area contributed by atoms with Crippen LogP contribution in [-0.2, 0) is 6.42 Å². The molecular weight excluding hydrogens is 248 g/mol. The number of hydrogen-bond acceptors (Lipinski definition) is 6. The van der Waals surface area contributed by atoms with Crippen molar-refractivity contribution in [2.45, 2.75) is 34.1 Å². The van der Waals surface area contributed by atoms with Crippen molar-refractivity contribution in [1.82, 2.24) is 9.97 Å². The van der Waals surface area contributed by atoms with Crippen LogP contribution in [0.15, 0.2) is 0 Å². The van der Waals surface area contributed by atoms with Crippen LogP contribution in [0, 0.1) is 16.0 Å². The van der Waals surface area contributed by atoms with E-state index < -0.39 is 4.92 Å². The number of hydrogen-bond donors (Lipinski definition) is 1. The van der Waals surface area contributed by atoms with Crippen molar-refractivity contribution in [2.75, 3.05) is 18.5 Å². The fourth-order valence-corrected chi connectivity index (χ4v) is 1.63. The SMILES string of the molecule is CCNc1nc(CC(C)C)nc(OCC)c1[N+](=O)[O-]. The molecule has 0 aliphatic heterocycles. The molecule has 0 aliphatic rings. The van der Waals surface area contributed by atoms with Crippen LogP contribution >= 0.6 is 0 Å². The van der Waals surface area contributed by atoms with Crippen LogP contribution in [0.1, 0.15) is 33.5 Å². The van der Waals surface area contributed by atoms with Gasteiger partial charge in [0.2, 0.25) is 5.82 Å². The first-order valence-electron chi connectivity index (χ1n) is 6.41. The Hall–Kier alpha value is -1.92. The molecule has 0 aliphatic carbocycles. The minimum atomic E-state index is -0.512. The molecule has 0 fully saturated rings. The molecule has 1 aromatic rings. The minimum absolute atomic E-state index is 0.0362. The maximum atomic E-state index is 11.1. The summed E-state index contributed by atoms with van der Waals surface area (Å²) < 4.78 is 5.27. The van der Waals surface area contributed by atoms with Crippen molar-refractivity contribution < 1.29 is 9.66 Å². The molecule has 0 spiro atoms. The molecule has 1 N–H and O–H groups in total. The van der Waals surface area contributed by atoms with Crippen molar-refractivity contribution in [2.24, 2.45) is 5.92 Å². The van der Waals surface area contributed by atoms with E-state index in [0.717, 1.165) is 0 Å². The summed E-state index contributed by atoms with van der Waals surface area (Å²) >= 11 is 0. The predicted octanol–water partition coefficient (Wildman–Crippen LogP) is 2.41. The fourth-order valence-electron chi connectivity index (χ4n) is 1.63. The lowest BCUT2D eigenvalue weighted by molar-refractivity contribution is -0.385. The molecule has 1 aromatic heterocycles. The van der Waals surface area contributed by atoms with Gasteiger partial charge in [-0.3, -0.25) is 10.1 Å². The smallest absolute Gasteiger partial charge is 0.372 e. The van der Waals surface area contributed by atoms with E-state index in [1.54, 1.807) is 6.92 Å².